The lowest BCUT2D eigenvalue weighted by Crippen LogP contribution is -2.18. The summed E-state index contributed by atoms with van der Waals surface area (Å²) >= 11 is 0. The molecule has 31 heavy (non-hydrogen) atoms. The molecule has 0 saturated carbocycles. The number of hydrogen-bond donors (Lipinski definition) is 1. The van der Waals surface area contributed by atoms with Crippen LogP contribution in [0.2, 0.25) is 0 Å². The predicted molar refractivity (Wildman–Crippen MR) is 122 cm³/mol. The van der Waals surface area contributed by atoms with Gasteiger partial charge in [0.25, 0.3) is 5.91 Å². The van der Waals surface area contributed by atoms with Crippen LogP contribution in [0.25, 0.3) is 22.2 Å². The fourth-order valence-corrected chi connectivity index (χ4v) is 3.12. The number of carbonyl (C=O) groups excluding carboxylic acids is 1. The fraction of sp³-hybridized carbons (Fsp3) is 0.120. The van der Waals surface area contributed by atoms with Crippen molar-refractivity contribution in [3.05, 3.63) is 90.3 Å². The van der Waals surface area contributed by atoms with Crippen LogP contribution < -0.4 is 10.2 Å². The van der Waals surface area contributed by atoms with Gasteiger partial charge in [0.05, 0.1) is 29.6 Å². The summed E-state index contributed by atoms with van der Waals surface area (Å²) in [5.41, 5.74) is 6.25. The van der Waals surface area contributed by atoms with E-state index in [1.165, 1.54) is 0 Å². The minimum Gasteiger partial charge on any atom is -0.494 e. The van der Waals surface area contributed by atoms with Crippen LogP contribution in [0.15, 0.2) is 84.2 Å². The highest BCUT2D eigenvalue weighted by Gasteiger charge is 2.13. The average molecular weight is 410 g/mol. The minimum atomic E-state index is -0.303. The Bertz CT molecular complexity index is 1210. The summed E-state index contributed by atoms with van der Waals surface area (Å²) in [5.74, 6) is 0.511. The Morgan fingerprint density at radius 1 is 1.10 bits per heavy atom. The predicted octanol–water partition coefficient (Wildman–Crippen LogP) is 4.85. The van der Waals surface area contributed by atoms with Gasteiger partial charge >= 0.3 is 0 Å². The van der Waals surface area contributed by atoms with E-state index in [4.69, 9.17) is 4.74 Å². The summed E-state index contributed by atoms with van der Waals surface area (Å²) in [4.78, 5) is 21.7. The first-order valence-corrected chi connectivity index (χ1v) is 10.1. The Hall–Kier alpha value is -4.06. The molecule has 0 fully saturated rings. The quantitative estimate of drug-likeness (QED) is 0.349. The lowest BCUT2D eigenvalue weighted by atomic mass is 10.0. The maximum absolute atomic E-state index is 12.9. The van der Waals surface area contributed by atoms with Crippen molar-refractivity contribution in [1.82, 2.24) is 15.4 Å². The highest BCUT2D eigenvalue weighted by Crippen LogP contribution is 2.24. The fourth-order valence-electron chi connectivity index (χ4n) is 3.12. The molecule has 6 nitrogen and oxygen atoms in total. The molecule has 0 aliphatic rings. The number of rotatable bonds is 7. The molecule has 1 amide bonds. The number of fused-ring (bicyclic) bond motifs is 1. The van der Waals surface area contributed by atoms with Crippen molar-refractivity contribution in [3.8, 4) is 17.0 Å². The number of pyridine rings is 2. The third-order valence-corrected chi connectivity index (χ3v) is 4.65. The van der Waals surface area contributed by atoms with Crippen LogP contribution in [0, 0.1) is 0 Å². The molecule has 0 aliphatic carbocycles. The molecule has 0 aliphatic heterocycles. The summed E-state index contributed by atoms with van der Waals surface area (Å²) in [5, 5.41) is 4.88. The average Bonchev–Trinajstić information content (AvgIpc) is 2.83. The molecule has 0 atom stereocenters. The number of para-hydroxylation sites is 1. The van der Waals surface area contributed by atoms with E-state index < -0.39 is 0 Å². The molecule has 0 saturated heterocycles. The number of amides is 1. The Morgan fingerprint density at radius 2 is 1.94 bits per heavy atom. The van der Waals surface area contributed by atoms with Crippen molar-refractivity contribution in [3.63, 3.8) is 0 Å². The second-order valence-corrected chi connectivity index (χ2v) is 6.93. The van der Waals surface area contributed by atoms with Gasteiger partial charge in [0.15, 0.2) is 0 Å². The second kappa shape index (κ2) is 9.63. The minimum absolute atomic E-state index is 0.303. The first-order valence-electron chi connectivity index (χ1n) is 10.1. The normalized spacial score (nSPS) is 11.0. The van der Waals surface area contributed by atoms with Crippen LogP contribution in [-0.4, -0.2) is 28.7 Å². The number of hydrazone groups is 1. The van der Waals surface area contributed by atoms with E-state index in [1.54, 1.807) is 24.7 Å². The maximum Gasteiger partial charge on any atom is 0.272 e. The molecule has 2 heterocycles. The van der Waals surface area contributed by atoms with E-state index in [9.17, 15) is 4.79 Å². The second-order valence-electron chi connectivity index (χ2n) is 6.93. The Labute approximate surface area is 180 Å². The van der Waals surface area contributed by atoms with Gasteiger partial charge in [-0.05, 0) is 60.5 Å². The molecule has 0 unspecified atom stereocenters. The Kier molecular flexibility index (Phi) is 6.28. The van der Waals surface area contributed by atoms with Gasteiger partial charge in [0, 0.05) is 23.3 Å². The molecule has 2 aromatic carbocycles. The molecule has 0 bridgehead atoms. The molecule has 2 aromatic heterocycles. The van der Waals surface area contributed by atoms with Gasteiger partial charge in [-0.25, -0.2) is 10.4 Å². The van der Waals surface area contributed by atoms with Crippen LogP contribution in [-0.2, 0) is 0 Å². The molecule has 0 radical (unpaired) electrons. The van der Waals surface area contributed by atoms with E-state index in [-0.39, 0.29) is 5.91 Å². The molecular formula is C25H22N4O2. The van der Waals surface area contributed by atoms with Gasteiger partial charge in [-0.1, -0.05) is 25.1 Å². The summed E-state index contributed by atoms with van der Waals surface area (Å²) in [7, 11) is 0. The number of ether oxygens (including phenoxy) is 1. The number of nitrogens with zero attached hydrogens (tertiary/aromatic N) is 3. The standard InChI is InChI=1S/C25H22N4O2/c1-2-14-31-20-11-9-18(10-12-20)16-27-29-25(30)22-15-24(19-6-5-13-26-17-19)28-23-8-4-3-7-21(22)23/h3-13,15-17H,2,14H2,1H3,(H,29,30)/b27-16-. The van der Waals surface area contributed by atoms with Crippen molar-refractivity contribution in [2.45, 2.75) is 13.3 Å². The van der Waals surface area contributed by atoms with Crippen LogP contribution in [0.3, 0.4) is 0 Å². The molecule has 0 spiro atoms. The summed E-state index contributed by atoms with van der Waals surface area (Å²) in [6.45, 7) is 2.75. The maximum atomic E-state index is 12.9. The topological polar surface area (TPSA) is 76.5 Å². The zero-order chi connectivity index (χ0) is 21.5. The van der Waals surface area contributed by atoms with E-state index in [0.29, 0.717) is 17.9 Å². The zero-order valence-electron chi connectivity index (χ0n) is 17.2. The zero-order valence-corrected chi connectivity index (χ0v) is 17.2. The third-order valence-electron chi connectivity index (χ3n) is 4.65. The van der Waals surface area contributed by atoms with Crippen molar-refractivity contribution < 1.29 is 9.53 Å². The van der Waals surface area contributed by atoms with E-state index in [1.807, 2.05) is 60.7 Å². The SMILES string of the molecule is CCCOc1ccc(/C=N\NC(=O)c2cc(-c3cccnc3)nc3ccccc23)cc1. The van der Waals surface area contributed by atoms with Gasteiger partial charge in [-0.3, -0.25) is 9.78 Å². The van der Waals surface area contributed by atoms with Gasteiger partial charge in [-0.15, -0.1) is 0 Å². The number of hydrogen-bond acceptors (Lipinski definition) is 5. The third kappa shape index (κ3) is 4.93. The van der Waals surface area contributed by atoms with Crippen LogP contribution in [0.1, 0.15) is 29.3 Å². The number of aromatic nitrogens is 2. The van der Waals surface area contributed by atoms with Gasteiger partial charge < -0.3 is 4.74 Å². The van der Waals surface area contributed by atoms with Crippen molar-refractivity contribution in [2.24, 2.45) is 5.10 Å². The van der Waals surface area contributed by atoms with E-state index >= 15 is 0 Å². The smallest absolute Gasteiger partial charge is 0.272 e. The van der Waals surface area contributed by atoms with Gasteiger partial charge in [-0.2, -0.15) is 5.10 Å². The highest BCUT2D eigenvalue weighted by atomic mass is 16.5. The Morgan fingerprint density at radius 3 is 2.71 bits per heavy atom. The molecule has 154 valence electrons. The van der Waals surface area contributed by atoms with Gasteiger partial charge in [0.2, 0.25) is 0 Å². The molecule has 1 N–H and O–H groups in total. The lowest BCUT2D eigenvalue weighted by Gasteiger charge is -2.08. The van der Waals surface area contributed by atoms with Crippen molar-refractivity contribution in [1.29, 1.82) is 0 Å². The van der Waals surface area contributed by atoms with E-state index in [2.05, 4.69) is 27.4 Å². The Balaban J connectivity index is 1.55. The first-order chi connectivity index (χ1) is 15.2. The van der Waals surface area contributed by atoms with Crippen molar-refractivity contribution in [2.75, 3.05) is 6.61 Å². The molecule has 4 aromatic rings. The van der Waals surface area contributed by atoms with Crippen LogP contribution in [0.4, 0.5) is 0 Å². The van der Waals surface area contributed by atoms with Crippen LogP contribution in [0.5, 0.6) is 5.75 Å². The lowest BCUT2D eigenvalue weighted by molar-refractivity contribution is 0.0956. The van der Waals surface area contributed by atoms with E-state index in [0.717, 1.165) is 34.2 Å². The number of carbonyl (C=O) groups is 1. The number of benzene rings is 2. The highest BCUT2D eigenvalue weighted by molar-refractivity contribution is 6.07. The summed E-state index contributed by atoms with van der Waals surface area (Å²) in [6.07, 6.45) is 5.99. The summed E-state index contributed by atoms with van der Waals surface area (Å²) < 4.78 is 5.57. The summed E-state index contributed by atoms with van der Waals surface area (Å²) in [6, 6.07) is 20.6. The van der Waals surface area contributed by atoms with Crippen molar-refractivity contribution >= 4 is 23.0 Å². The molecule has 4 rings (SSSR count). The molecule has 6 heteroatoms. The van der Waals surface area contributed by atoms with Gasteiger partial charge in [0.1, 0.15) is 5.75 Å². The monoisotopic (exact) mass is 410 g/mol. The van der Waals surface area contributed by atoms with Crippen LogP contribution >= 0.6 is 0 Å². The largest absolute Gasteiger partial charge is 0.494 e. The number of nitrogens with one attached hydrogen (secondary N) is 1. The first kappa shape index (κ1) is 20.2. The molecular weight excluding hydrogens is 388 g/mol.